The Balaban J connectivity index is 1.95. The Labute approximate surface area is 181 Å². The van der Waals surface area contributed by atoms with Crippen LogP contribution in [0.5, 0.6) is 0 Å². The number of aryl methyl sites for hydroxylation is 1. The van der Waals surface area contributed by atoms with Gasteiger partial charge in [-0.25, -0.2) is 9.97 Å². The molecule has 0 bridgehead atoms. The molecule has 1 amide bonds. The third kappa shape index (κ3) is 4.42. The summed E-state index contributed by atoms with van der Waals surface area (Å²) in [5, 5.41) is 5.93. The molecular weight excluding hydrogens is 477 g/mol. The zero-order valence-corrected chi connectivity index (χ0v) is 17.2. The molecule has 3 aromatic rings. The number of anilines is 1. The number of nitrogens with one attached hydrogen (secondary N) is 1. The Morgan fingerprint density at radius 2 is 1.79 bits per heavy atom. The first-order valence-corrected chi connectivity index (χ1v) is 9.12. The molecule has 3 rings (SSSR count). The van der Waals surface area contributed by atoms with Crippen LogP contribution in [0.3, 0.4) is 0 Å². The van der Waals surface area contributed by atoms with Crippen LogP contribution in [-0.4, -0.2) is 25.7 Å². The number of hydrogen-bond acceptors (Lipinski definition) is 4. The van der Waals surface area contributed by atoms with Crippen molar-refractivity contribution in [3.8, 4) is 5.82 Å². The molecule has 0 aromatic carbocycles. The molecule has 0 fully saturated rings. The van der Waals surface area contributed by atoms with E-state index in [0.29, 0.717) is 11.9 Å². The van der Waals surface area contributed by atoms with Gasteiger partial charge in [0.1, 0.15) is 11.0 Å². The second-order valence-corrected chi connectivity index (χ2v) is 7.12. The third-order valence-corrected chi connectivity index (χ3v) is 5.24. The van der Waals surface area contributed by atoms with E-state index >= 15 is 0 Å². The van der Waals surface area contributed by atoms with Crippen LogP contribution < -0.4 is 5.32 Å². The highest BCUT2D eigenvalue weighted by molar-refractivity contribution is 6.52. The molecule has 0 aliphatic heterocycles. The van der Waals surface area contributed by atoms with Gasteiger partial charge in [0, 0.05) is 12.3 Å². The van der Waals surface area contributed by atoms with Gasteiger partial charge in [-0.2, -0.15) is 23.0 Å². The molecule has 0 aliphatic carbocycles. The van der Waals surface area contributed by atoms with Crippen molar-refractivity contribution in [2.24, 2.45) is 0 Å². The van der Waals surface area contributed by atoms with E-state index in [1.807, 2.05) is 0 Å². The largest absolute Gasteiger partial charge is 0.417 e. The molecule has 1 N–H and O–H groups in total. The lowest BCUT2D eigenvalue weighted by Crippen LogP contribution is -2.18. The first kappa shape index (κ1) is 21.6. The minimum Gasteiger partial charge on any atom is -0.305 e. The van der Waals surface area contributed by atoms with Gasteiger partial charge < -0.3 is 5.32 Å². The topological polar surface area (TPSA) is 72.7 Å². The summed E-state index contributed by atoms with van der Waals surface area (Å²) in [5.41, 5.74) is -0.748. The van der Waals surface area contributed by atoms with E-state index in [4.69, 9.17) is 46.4 Å². The molecule has 0 radical (unpaired) electrons. The van der Waals surface area contributed by atoms with Gasteiger partial charge in [0.25, 0.3) is 5.91 Å². The summed E-state index contributed by atoms with van der Waals surface area (Å²) in [6, 6.07) is 3.44. The maximum absolute atomic E-state index is 12.7. The lowest BCUT2D eigenvalue weighted by atomic mass is 10.3. The van der Waals surface area contributed by atoms with Crippen LogP contribution in [0.25, 0.3) is 5.82 Å². The van der Waals surface area contributed by atoms with Crippen molar-refractivity contribution in [1.82, 2.24) is 19.7 Å². The molecule has 152 valence electrons. The normalized spacial score (nSPS) is 11.6. The van der Waals surface area contributed by atoms with Gasteiger partial charge in [0.15, 0.2) is 11.5 Å². The van der Waals surface area contributed by atoms with Crippen molar-refractivity contribution in [2.45, 2.75) is 13.1 Å². The van der Waals surface area contributed by atoms with Gasteiger partial charge in [0.05, 0.1) is 26.3 Å². The van der Waals surface area contributed by atoms with Gasteiger partial charge in [-0.1, -0.05) is 46.4 Å². The zero-order valence-electron chi connectivity index (χ0n) is 14.2. The minimum atomic E-state index is -4.53. The number of rotatable bonds is 3. The molecule has 0 atom stereocenters. The number of aromatic nitrogens is 4. The molecule has 13 heteroatoms. The fraction of sp³-hybridized carbons (Fsp3) is 0.125. The van der Waals surface area contributed by atoms with Crippen LogP contribution in [0.1, 0.15) is 21.7 Å². The molecule has 0 saturated heterocycles. The monoisotopic (exact) mass is 483 g/mol. The Hall–Kier alpha value is -2.07. The van der Waals surface area contributed by atoms with Crippen LogP contribution in [0.15, 0.2) is 24.4 Å². The Bertz CT molecular complexity index is 1100. The maximum atomic E-state index is 12.7. The average Bonchev–Trinajstić information content (AvgIpc) is 3.02. The summed E-state index contributed by atoms with van der Waals surface area (Å²) in [4.78, 5) is 20.2. The molecule has 0 spiro atoms. The molecule has 0 unspecified atom stereocenters. The summed E-state index contributed by atoms with van der Waals surface area (Å²) in [6.45, 7) is 1.62. The van der Waals surface area contributed by atoms with Crippen molar-refractivity contribution in [1.29, 1.82) is 0 Å². The highest BCUT2D eigenvalue weighted by Crippen LogP contribution is 2.36. The summed E-state index contributed by atoms with van der Waals surface area (Å²) in [5.74, 6) is -0.629. The quantitative estimate of drug-likeness (QED) is 0.473. The van der Waals surface area contributed by atoms with Crippen molar-refractivity contribution >= 4 is 58.1 Å². The SMILES string of the molecule is Cc1cc(NC(=O)c2nc(Cl)c(Cl)c(Cl)c2Cl)n(-c2ccc(C(F)(F)F)cn2)n1. The van der Waals surface area contributed by atoms with Gasteiger partial charge in [-0.3, -0.25) is 4.79 Å². The highest BCUT2D eigenvalue weighted by Gasteiger charge is 2.31. The summed E-state index contributed by atoms with van der Waals surface area (Å²) >= 11 is 23.6. The van der Waals surface area contributed by atoms with E-state index in [0.717, 1.165) is 16.8 Å². The van der Waals surface area contributed by atoms with Crippen molar-refractivity contribution < 1.29 is 18.0 Å². The number of pyridine rings is 2. The first-order chi connectivity index (χ1) is 13.5. The smallest absolute Gasteiger partial charge is 0.305 e. The van der Waals surface area contributed by atoms with Crippen LogP contribution in [0, 0.1) is 6.92 Å². The second kappa shape index (κ2) is 7.98. The molecule has 3 aromatic heterocycles. The average molecular weight is 485 g/mol. The van der Waals surface area contributed by atoms with Gasteiger partial charge in [-0.15, -0.1) is 0 Å². The lowest BCUT2D eigenvalue weighted by molar-refractivity contribution is -0.137. The predicted molar refractivity (Wildman–Crippen MR) is 103 cm³/mol. The van der Waals surface area contributed by atoms with E-state index < -0.39 is 17.6 Å². The van der Waals surface area contributed by atoms with E-state index in [2.05, 4.69) is 20.4 Å². The van der Waals surface area contributed by atoms with Crippen molar-refractivity contribution in [3.05, 3.63) is 61.6 Å². The maximum Gasteiger partial charge on any atom is 0.417 e. The minimum absolute atomic E-state index is 0.0487. The number of nitrogens with zero attached hydrogens (tertiary/aromatic N) is 4. The number of carbonyl (C=O) groups is 1. The lowest BCUT2D eigenvalue weighted by Gasteiger charge is -2.11. The predicted octanol–water partition coefficient (Wildman–Crippen LogP) is 5.86. The van der Waals surface area contributed by atoms with Gasteiger partial charge in [-0.05, 0) is 19.1 Å². The fourth-order valence-corrected chi connectivity index (χ4v) is 3.07. The molecule has 6 nitrogen and oxygen atoms in total. The number of alkyl halides is 3. The Morgan fingerprint density at radius 1 is 1.10 bits per heavy atom. The number of hydrogen-bond donors (Lipinski definition) is 1. The Kier molecular flexibility index (Phi) is 5.96. The molecule has 3 heterocycles. The van der Waals surface area contributed by atoms with Crippen LogP contribution in [-0.2, 0) is 6.18 Å². The van der Waals surface area contributed by atoms with Gasteiger partial charge >= 0.3 is 6.18 Å². The molecule has 0 saturated carbocycles. The number of amides is 1. The first-order valence-electron chi connectivity index (χ1n) is 7.60. The second-order valence-electron chi connectivity index (χ2n) is 5.63. The van der Waals surface area contributed by atoms with E-state index in [9.17, 15) is 18.0 Å². The van der Waals surface area contributed by atoms with Crippen LogP contribution >= 0.6 is 46.4 Å². The zero-order chi connectivity index (χ0) is 21.5. The fourth-order valence-electron chi connectivity index (χ4n) is 2.26. The van der Waals surface area contributed by atoms with Crippen molar-refractivity contribution in [3.63, 3.8) is 0 Å². The van der Waals surface area contributed by atoms with Gasteiger partial charge in [0.2, 0.25) is 0 Å². The van der Waals surface area contributed by atoms with E-state index in [-0.39, 0.29) is 37.6 Å². The standard InChI is InChI=1S/C16H8Cl4F3N5O/c1-6-4-9(25-15(29)13-11(18)10(17)12(19)14(20)26-13)28(27-6)8-3-2-7(5-24-8)16(21,22)23/h2-5H,1H3,(H,25,29). The third-order valence-electron chi connectivity index (χ3n) is 3.56. The Morgan fingerprint density at radius 3 is 2.38 bits per heavy atom. The molecule has 29 heavy (non-hydrogen) atoms. The van der Waals surface area contributed by atoms with E-state index in [1.54, 1.807) is 6.92 Å². The molecule has 0 aliphatic rings. The van der Waals surface area contributed by atoms with Crippen LogP contribution in [0.4, 0.5) is 19.0 Å². The molecular formula is C16H8Cl4F3N5O. The highest BCUT2D eigenvalue weighted by atomic mass is 35.5. The van der Waals surface area contributed by atoms with Crippen LogP contribution in [0.2, 0.25) is 20.2 Å². The summed E-state index contributed by atoms with van der Waals surface area (Å²) in [7, 11) is 0. The van der Waals surface area contributed by atoms with Crippen molar-refractivity contribution in [2.75, 3.05) is 5.32 Å². The number of halogens is 7. The number of carbonyl (C=O) groups excluding carboxylic acids is 1. The summed E-state index contributed by atoms with van der Waals surface area (Å²) < 4.78 is 39.3. The van der Waals surface area contributed by atoms with E-state index in [1.165, 1.54) is 6.07 Å². The summed E-state index contributed by atoms with van der Waals surface area (Å²) in [6.07, 6.45) is -3.87.